The fourth-order valence-corrected chi connectivity index (χ4v) is 6.01. The first kappa shape index (κ1) is 21.0. The van der Waals surface area contributed by atoms with E-state index in [0.29, 0.717) is 0 Å². The lowest BCUT2D eigenvalue weighted by Crippen LogP contribution is -2.13. The lowest BCUT2D eigenvalue weighted by atomic mass is 9.99. The lowest BCUT2D eigenvalue weighted by molar-refractivity contribution is -0.384. The fourth-order valence-electron chi connectivity index (χ4n) is 4.17. The molecule has 0 saturated carbocycles. The molecule has 3 aromatic rings. The maximum Gasteiger partial charge on any atom is 0.269 e. The lowest BCUT2D eigenvalue weighted by Gasteiger charge is -2.21. The predicted molar refractivity (Wildman–Crippen MR) is 126 cm³/mol. The van der Waals surface area contributed by atoms with E-state index < -0.39 is 15.7 Å². The van der Waals surface area contributed by atoms with Crippen LogP contribution < -0.4 is 4.90 Å². The van der Waals surface area contributed by atoms with Gasteiger partial charge in [-0.25, -0.2) is 4.21 Å². The SMILES string of the molecule is CN(C)c1ccccc1S(=O)C1=C(c2ccc([N+](=O)[O-])cc2)CC[C@@H]1c1ccccc1. The predicted octanol–water partition coefficient (Wildman–Crippen LogP) is 5.76. The van der Waals surface area contributed by atoms with Crippen LogP contribution in [0, 0.1) is 10.1 Å². The first-order chi connectivity index (χ1) is 15.0. The summed E-state index contributed by atoms with van der Waals surface area (Å²) in [5.74, 6) is 0.0439. The Morgan fingerprint density at radius 3 is 2.23 bits per heavy atom. The van der Waals surface area contributed by atoms with Crippen LogP contribution in [0.1, 0.15) is 29.9 Å². The van der Waals surface area contributed by atoms with E-state index >= 15 is 0 Å². The maximum absolute atomic E-state index is 14.0. The van der Waals surface area contributed by atoms with Crippen molar-refractivity contribution >= 4 is 27.7 Å². The molecule has 1 aliphatic rings. The number of rotatable bonds is 6. The third kappa shape index (κ3) is 4.16. The van der Waals surface area contributed by atoms with Gasteiger partial charge >= 0.3 is 0 Å². The molecule has 1 aliphatic carbocycles. The average Bonchev–Trinajstić information content (AvgIpc) is 3.24. The number of nitro benzene ring substituents is 1. The number of nitrogens with zero attached hydrogens (tertiary/aromatic N) is 2. The topological polar surface area (TPSA) is 63.5 Å². The molecule has 2 atom stereocenters. The number of para-hydroxylation sites is 1. The number of hydrogen-bond donors (Lipinski definition) is 0. The molecule has 0 amide bonds. The number of allylic oxidation sites excluding steroid dienone is 2. The molecule has 0 radical (unpaired) electrons. The number of nitro groups is 1. The third-order valence-electron chi connectivity index (χ3n) is 5.67. The van der Waals surface area contributed by atoms with Crippen molar-refractivity contribution in [1.82, 2.24) is 0 Å². The highest BCUT2D eigenvalue weighted by Gasteiger charge is 2.33. The van der Waals surface area contributed by atoms with Gasteiger partial charge in [-0.15, -0.1) is 0 Å². The minimum atomic E-state index is -1.36. The van der Waals surface area contributed by atoms with Crippen molar-refractivity contribution in [2.45, 2.75) is 23.7 Å². The molecule has 0 saturated heterocycles. The quantitative estimate of drug-likeness (QED) is 0.367. The molecule has 6 heteroatoms. The molecule has 0 aromatic heterocycles. The molecule has 0 fully saturated rings. The summed E-state index contributed by atoms with van der Waals surface area (Å²) in [5.41, 5.74) is 4.05. The second kappa shape index (κ2) is 8.86. The molecule has 158 valence electrons. The summed E-state index contributed by atoms with van der Waals surface area (Å²) in [6.45, 7) is 0. The van der Waals surface area contributed by atoms with Crippen molar-refractivity contribution in [3.63, 3.8) is 0 Å². The number of anilines is 1. The Balaban J connectivity index is 1.87. The molecule has 4 rings (SSSR count). The zero-order valence-corrected chi connectivity index (χ0v) is 18.3. The van der Waals surface area contributed by atoms with Gasteiger partial charge in [-0.2, -0.15) is 0 Å². The van der Waals surface area contributed by atoms with Crippen molar-refractivity contribution in [3.05, 3.63) is 105 Å². The molecule has 0 spiro atoms. The van der Waals surface area contributed by atoms with Gasteiger partial charge in [0, 0.05) is 37.1 Å². The first-order valence-corrected chi connectivity index (χ1v) is 11.3. The molecular weight excluding hydrogens is 408 g/mol. The Bertz CT molecular complexity index is 1150. The molecule has 1 unspecified atom stereocenters. The standard InChI is InChI=1S/C25H24N2O3S/c1-26(2)23-10-6-7-11-24(23)31(30)25-21(18-8-4-3-5-9-18)16-17-22(25)19-12-14-20(15-13-19)27(28)29/h3-15,21H,16-17H2,1-2H3/t21-,31?/m1/s1. The molecule has 0 aliphatic heterocycles. The van der Waals surface area contributed by atoms with Gasteiger partial charge in [-0.05, 0) is 53.8 Å². The van der Waals surface area contributed by atoms with Gasteiger partial charge in [-0.1, -0.05) is 42.5 Å². The molecule has 0 heterocycles. The molecule has 3 aromatic carbocycles. The number of non-ortho nitro benzene ring substituents is 1. The summed E-state index contributed by atoms with van der Waals surface area (Å²) < 4.78 is 14.0. The third-order valence-corrected chi connectivity index (χ3v) is 7.35. The van der Waals surface area contributed by atoms with Crippen LogP contribution in [0.15, 0.2) is 88.7 Å². The zero-order chi connectivity index (χ0) is 22.0. The van der Waals surface area contributed by atoms with E-state index in [1.807, 2.05) is 61.5 Å². The molecule has 0 N–H and O–H groups in total. The Morgan fingerprint density at radius 2 is 1.58 bits per heavy atom. The largest absolute Gasteiger partial charge is 0.377 e. The van der Waals surface area contributed by atoms with Gasteiger partial charge < -0.3 is 4.90 Å². The molecule has 31 heavy (non-hydrogen) atoms. The summed E-state index contributed by atoms with van der Waals surface area (Å²) >= 11 is 0. The van der Waals surface area contributed by atoms with E-state index in [1.165, 1.54) is 12.1 Å². The minimum absolute atomic E-state index is 0.0439. The number of hydrogen-bond acceptors (Lipinski definition) is 4. The van der Waals surface area contributed by atoms with Crippen LogP contribution in [-0.4, -0.2) is 23.2 Å². The summed E-state index contributed by atoms with van der Waals surface area (Å²) in [6, 6.07) is 24.5. The molecule has 5 nitrogen and oxygen atoms in total. The van der Waals surface area contributed by atoms with E-state index in [-0.39, 0.29) is 11.6 Å². The van der Waals surface area contributed by atoms with Gasteiger partial charge in [0.15, 0.2) is 0 Å². The number of benzene rings is 3. The van der Waals surface area contributed by atoms with E-state index in [1.54, 1.807) is 12.1 Å². The van der Waals surface area contributed by atoms with E-state index in [4.69, 9.17) is 0 Å². The summed E-state index contributed by atoms with van der Waals surface area (Å²) in [6.07, 6.45) is 1.64. The Kier molecular flexibility index (Phi) is 6.00. The monoisotopic (exact) mass is 432 g/mol. The Hall–Kier alpha value is -3.25. The fraction of sp³-hybridized carbons (Fsp3) is 0.200. The van der Waals surface area contributed by atoms with Crippen molar-refractivity contribution in [3.8, 4) is 0 Å². The summed E-state index contributed by atoms with van der Waals surface area (Å²) in [4.78, 5) is 14.3. The maximum atomic E-state index is 14.0. The molecular formula is C25H24N2O3S. The highest BCUT2D eigenvalue weighted by atomic mass is 32.2. The summed E-state index contributed by atoms with van der Waals surface area (Å²) in [5, 5.41) is 11.1. The van der Waals surface area contributed by atoms with Crippen LogP contribution in [0.4, 0.5) is 11.4 Å². The van der Waals surface area contributed by atoms with Gasteiger partial charge in [0.25, 0.3) is 5.69 Å². The van der Waals surface area contributed by atoms with Crippen LogP contribution in [0.3, 0.4) is 0 Å². The van der Waals surface area contributed by atoms with Crippen molar-refractivity contribution < 1.29 is 9.13 Å². The Labute approximate surface area is 184 Å². The van der Waals surface area contributed by atoms with Crippen LogP contribution in [-0.2, 0) is 10.8 Å². The van der Waals surface area contributed by atoms with Crippen molar-refractivity contribution in [1.29, 1.82) is 0 Å². The smallest absolute Gasteiger partial charge is 0.269 e. The summed E-state index contributed by atoms with van der Waals surface area (Å²) in [7, 11) is 2.54. The van der Waals surface area contributed by atoms with Crippen LogP contribution in [0.2, 0.25) is 0 Å². The second-order valence-corrected chi connectivity index (χ2v) is 9.20. The average molecular weight is 433 g/mol. The van der Waals surface area contributed by atoms with E-state index in [9.17, 15) is 14.3 Å². The highest BCUT2D eigenvalue weighted by Crippen LogP contribution is 2.47. The van der Waals surface area contributed by atoms with Gasteiger partial charge in [0.2, 0.25) is 0 Å². The molecule has 0 bridgehead atoms. The van der Waals surface area contributed by atoms with Crippen molar-refractivity contribution in [2.24, 2.45) is 0 Å². The van der Waals surface area contributed by atoms with Gasteiger partial charge in [0.05, 0.1) is 26.3 Å². The normalized spacial score (nSPS) is 16.9. The van der Waals surface area contributed by atoms with Crippen molar-refractivity contribution in [2.75, 3.05) is 19.0 Å². The van der Waals surface area contributed by atoms with Gasteiger partial charge in [0.1, 0.15) is 0 Å². The zero-order valence-electron chi connectivity index (χ0n) is 17.5. The van der Waals surface area contributed by atoms with Gasteiger partial charge in [-0.3, -0.25) is 10.1 Å². The second-order valence-electron chi connectivity index (χ2n) is 7.78. The van der Waals surface area contributed by atoms with E-state index in [2.05, 4.69) is 12.1 Å². The van der Waals surface area contributed by atoms with Crippen LogP contribution in [0.25, 0.3) is 5.57 Å². The van der Waals surface area contributed by atoms with Crippen LogP contribution >= 0.6 is 0 Å². The van der Waals surface area contributed by atoms with Crippen LogP contribution in [0.5, 0.6) is 0 Å². The highest BCUT2D eigenvalue weighted by molar-refractivity contribution is 7.89. The minimum Gasteiger partial charge on any atom is -0.377 e. The Morgan fingerprint density at radius 1 is 0.935 bits per heavy atom. The van der Waals surface area contributed by atoms with E-state index in [0.717, 1.165) is 45.0 Å². The first-order valence-electron chi connectivity index (χ1n) is 10.2.